The number of benzene rings is 1. The third kappa shape index (κ3) is 4.54. The van der Waals surface area contributed by atoms with Crippen molar-refractivity contribution in [3.05, 3.63) is 35.4 Å². The van der Waals surface area contributed by atoms with E-state index in [4.69, 9.17) is 0 Å². The molecular weight excluding hydrogens is 266 g/mol. The van der Waals surface area contributed by atoms with Crippen LogP contribution in [0.15, 0.2) is 18.2 Å². The summed E-state index contributed by atoms with van der Waals surface area (Å²) in [7, 11) is 0. The molecule has 0 spiro atoms. The molecule has 20 heavy (non-hydrogen) atoms. The molecular formula is C14H20F2N2O2. The molecule has 4 nitrogen and oxygen atoms in total. The summed E-state index contributed by atoms with van der Waals surface area (Å²) in [4.78, 5) is 13.5. The van der Waals surface area contributed by atoms with Crippen LogP contribution in [0.4, 0.5) is 8.78 Å². The Bertz CT molecular complexity index is 431. The maximum absolute atomic E-state index is 13.4. The largest absolute Gasteiger partial charge is 0.386 e. The Balaban J connectivity index is 2.55. The van der Waals surface area contributed by atoms with Gasteiger partial charge in [0.05, 0.1) is 12.1 Å². The SMILES string of the molecule is CCN(CC)CC(=O)NCC(O)c1c(F)cccc1F. The second kappa shape index (κ2) is 7.91. The summed E-state index contributed by atoms with van der Waals surface area (Å²) in [5.41, 5.74) is -0.421. The second-order valence-corrected chi connectivity index (χ2v) is 4.42. The Morgan fingerprint density at radius 3 is 2.35 bits per heavy atom. The maximum Gasteiger partial charge on any atom is 0.234 e. The molecule has 1 aromatic carbocycles. The van der Waals surface area contributed by atoms with Gasteiger partial charge in [-0.3, -0.25) is 9.69 Å². The molecule has 0 saturated heterocycles. The molecule has 1 amide bonds. The number of halogens is 2. The van der Waals surface area contributed by atoms with E-state index < -0.39 is 23.3 Å². The maximum atomic E-state index is 13.4. The van der Waals surface area contributed by atoms with E-state index >= 15 is 0 Å². The molecule has 1 unspecified atom stereocenters. The van der Waals surface area contributed by atoms with Gasteiger partial charge in [0, 0.05) is 6.54 Å². The summed E-state index contributed by atoms with van der Waals surface area (Å²) >= 11 is 0. The monoisotopic (exact) mass is 286 g/mol. The van der Waals surface area contributed by atoms with Crippen molar-refractivity contribution in [2.45, 2.75) is 20.0 Å². The number of hydrogen-bond donors (Lipinski definition) is 2. The highest BCUT2D eigenvalue weighted by molar-refractivity contribution is 5.78. The molecule has 0 bridgehead atoms. The fraction of sp³-hybridized carbons (Fsp3) is 0.500. The summed E-state index contributed by atoms with van der Waals surface area (Å²) in [5, 5.41) is 12.2. The Morgan fingerprint density at radius 2 is 1.85 bits per heavy atom. The quantitative estimate of drug-likeness (QED) is 0.798. The summed E-state index contributed by atoms with van der Waals surface area (Å²) in [6, 6.07) is 3.36. The Morgan fingerprint density at radius 1 is 1.30 bits per heavy atom. The molecule has 0 aliphatic heterocycles. The minimum Gasteiger partial charge on any atom is -0.386 e. The van der Waals surface area contributed by atoms with E-state index in [0.29, 0.717) is 0 Å². The molecule has 0 aromatic heterocycles. The van der Waals surface area contributed by atoms with E-state index in [2.05, 4.69) is 5.32 Å². The average Bonchev–Trinajstić information content (AvgIpc) is 2.42. The smallest absolute Gasteiger partial charge is 0.234 e. The van der Waals surface area contributed by atoms with Crippen LogP contribution in [0, 0.1) is 11.6 Å². The molecule has 0 aliphatic carbocycles. The number of amides is 1. The number of carbonyl (C=O) groups is 1. The zero-order valence-corrected chi connectivity index (χ0v) is 11.7. The van der Waals surface area contributed by atoms with Gasteiger partial charge in [-0.1, -0.05) is 19.9 Å². The van der Waals surface area contributed by atoms with Gasteiger partial charge in [0.1, 0.15) is 17.7 Å². The van der Waals surface area contributed by atoms with Crippen LogP contribution in [0.3, 0.4) is 0 Å². The molecule has 112 valence electrons. The van der Waals surface area contributed by atoms with E-state index in [1.807, 2.05) is 18.7 Å². The fourth-order valence-corrected chi connectivity index (χ4v) is 1.85. The van der Waals surface area contributed by atoms with E-state index in [0.717, 1.165) is 25.2 Å². The van der Waals surface area contributed by atoms with Crippen LogP contribution in [0.25, 0.3) is 0 Å². The van der Waals surface area contributed by atoms with Gasteiger partial charge in [-0.05, 0) is 25.2 Å². The van der Waals surface area contributed by atoms with Gasteiger partial charge in [-0.25, -0.2) is 8.78 Å². The standard InChI is InChI=1S/C14H20F2N2O2/c1-3-18(4-2)9-13(20)17-8-12(19)14-10(15)6-5-7-11(14)16/h5-7,12,19H,3-4,8-9H2,1-2H3,(H,17,20). The number of hydrogen-bond acceptors (Lipinski definition) is 3. The lowest BCUT2D eigenvalue weighted by Crippen LogP contribution is -2.38. The van der Waals surface area contributed by atoms with E-state index in [1.165, 1.54) is 6.07 Å². The lowest BCUT2D eigenvalue weighted by atomic mass is 10.1. The molecule has 0 aliphatic rings. The van der Waals surface area contributed by atoms with Crippen molar-refractivity contribution in [3.8, 4) is 0 Å². The Labute approximate surface area is 117 Å². The molecule has 1 rings (SSSR count). The highest BCUT2D eigenvalue weighted by Crippen LogP contribution is 2.19. The van der Waals surface area contributed by atoms with E-state index in [9.17, 15) is 18.7 Å². The number of aliphatic hydroxyl groups excluding tert-OH is 1. The molecule has 0 heterocycles. The number of nitrogens with zero attached hydrogens (tertiary/aromatic N) is 1. The van der Waals surface area contributed by atoms with Crippen LogP contribution < -0.4 is 5.32 Å². The lowest BCUT2D eigenvalue weighted by Gasteiger charge is -2.18. The number of aliphatic hydroxyl groups is 1. The third-order valence-corrected chi connectivity index (χ3v) is 3.09. The highest BCUT2D eigenvalue weighted by Gasteiger charge is 2.18. The molecule has 1 aromatic rings. The Hall–Kier alpha value is -1.53. The van der Waals surface area contributed by atoms with Gasteiger partial charge in [0.15, 0.2) is 0 Å². The minimum absolute atomic E-state index is 0.194. The molecule has 0 fully saturated rings. The van der Waals surface area contributed by atoms with E-state index in [-0.39, 0.29) is 19.0 Å². The predicted molar refractivity (Wildman–Crippen MR) is 72.1 cm³/mol. The number of carbonyl (C=O) groups excluding carboxylic acids is 1. The first-order valence-corrected chi connectivity index (χ1v) is 6.60. The van der Waals surface area contributed by atoms with Crippen LogP contribution in [-0.4, -0.2) is 42.1 Å². The molecule has 1 atom stereocenters. The number of nitrogens with one attached hydrogen (secondary N) is 1. The summed E-state index contributed by atoms with van der Waals surface area (Å²) in [5.74, 6) is -1.93. The highest BCUT2D eigenvalue weighted by atomic mass is 19.1. The first-order valence-electron chi connectivity index (χ1n) is 6.60. The van der Waals surface area contributed by atoms with Gasteiger partial charge in [-0.15, -0.1) is 0 Å². The Kier molecular flexibility index (Phi) is 6.54. The number of likely N-dealkylation sites (N-methyl/N-ethyl adjacent to an activating group) is 1. The van der Waals surface area contributed by atoms with Crippen LogP contribution in [0.2, 0.25) is 0 Å². The van der Waals surface area contributed by atoms with Gasteiger partial charge in [-0.2, -0.15) is 0 Å². The van der Waals surface area contributed by atoms with Crippen LogP contribution >= 0.6 is 0 Å². The molecule has 0 radical (unpaired) electrons. The molecule has 2 N–H and O–H groups in total. The average molecular weight is 286 g/mol. The molecule has 0 saturated carbocycles. The van der Waals surface area contributed by atoms with Crippen molar-refractivity contribution >= 4 is 5.91 Å². The first kappa shape index (κ1) is 16.5. The predicted octanol–water partition coefficient (Wildman–Crippen LogP) is 1.46. The summed E-state index contributed by atoms with van der Waals surface area (Å²) in [6.45, 7) is 5.29. The van der Waals surface area contributed by atoms with Gasteiger partial charge >= 0.3 is 0 Å². The second-order valence-electron chi connectivity index (χ2n) is 4.42. The van der Waals surface area contributed by atoms with Crippen molar-refractivity contribution in [1.29, 1.82) is 0 Å². The number of rotatable bonds is 7. The van der Waals surface area contributed by atoms with Crippen molar-refractivity contribution in [2.75, 3.05) is 26.2 Å². The van der Waals surface area contributed by atoms with Gasteiger partial charge < -0.3 is 10.4 Å². The zero-order chi connectivity index (χ0) is 15.1. The topological polar surface area (TPSA) is 52.6 Å². The van der Waals surface area contributed by atoms with Crippen molar-refractivity contribution in [1.82, 2.24) is 10.2 Å². The van der Waals surface area contributed by atoms with Gasteiger partial charge in [0.25, 0.3) is 0 Å². The zero-order valence-electron chi connectivity index (χ0n) is 11.7. The van der Waals surface area contributed by atoms with Crippen molar-refractivity contribution in [2.24, 2.45) is 0 Å². The summed E-state index contributed by atoms with van der Waals surface area (Å²) in [6.07, 6.45) is -1.41. The lowest BCUT2D eigenvalue weighted by molar-refractivity contribution is -0.122. The van der Waals surface area contributed by atoms with Crippen LogP contribution in [0.1, 0.15) is 25.5 Å². The fourth-order valence-electron chi connectivity index (χ4n) is 1.85. The van der Waals surface area contributed by atoms with Gasteiger partial charge in [0.2, 0.25) is 5.91 Å². The van der Waals surface area contributed by atoms with Crippen molar-refractivity contribution < 1.29 is 18.7 Å². The normalized spacial score (nSPS) is 12.5. The first-order chi connectivity index (χ1) is 9.49. The van der Waals surface area contributed by atoms with Crippen LogP contribution in [-0.2, 0) is 4.79 Å². The minimum atomic E-state index is -1.41. The third-order valence-electron chi connectivity index (χ3n) is 3.09. The molecule has 6 heteroatoms. The summed E-state index contributed by atoms with van der Waals surface area (Å²) < 4.78 is 26.8. The van der Waals surface area contributed by atoms with Crippen molar-refractivity contribution in [3.63, 3.8) is 0 Å². The van der Waals surface area contributed by atoms with E-state index in [1.54, 1.807) is 0 Å². The van der Waals surface area contributed by atoms with Crippen LogP contribution in [0.5, 0.6) is 0 Å².